The summed E-state index contributed by atoms with van der Waals surface area (Å²) in [6.07, 6.45) is 2.82. The van der Waals surface area contributed by atoms with Crippen LogP contribution < -0.4 is 4.72 Å². The van der Waals surface area contributed by atoms with Gasteiger partial charge < -0.3 is 9.09 Å². The number of hydrogen-bond acceptors (Lipinski definition) is 6. The van der Waals surface area contributed by atoms with Crippen LogP contribution in [0.2, 0.25) is 0 Å². The molecular weight excluding hydrogens is 258 g/mol. The van der Waals surface area contributed by atoms with E-state index in [0.717, 1.165) is 0 Å². The van der Waals surface area contributed by atoms with E-state index in [1.54, 1.807) is 25.5 Å². The Morgan fingerprint density at radius 3 is 2.72 bits per heavy atom. The Morgan fingerprint density at radius 1 is 1.50 bits per heavy atom. The molecule has 0 aliphatic heterocycles. The molecule has 0 spiro atoms. The fraction of sp³-hybridized carbons (Fsp3) is 0.444. The van der Waals surface area contributed by atoms with Gasteiger partial charge >= 0.3 is 0 Å². The van der Waals surface area contributed by atoms with E-state index in [0.29, 0.717) is 5.82 Å². The van der Waals surface area contributed by atoms with E-state index in [1.165, 1.54) is 12.5 Å². The van der Waals surface area contributed by atoms with Gasteiger partial charge in [0.25, 0.3) is 10.0 Å². The van der Waals surface area contributed by atoms with Crippen molar-refractivity contribution in [3.05, 3.63) is 24.2 Å². The predicted molar refractivity (Wildman–Crippen MR) is 61.0 cm³/mol. The Balaban J connectivity index is 2.18. The molecule has 0 saturated heterocycles. The first-order valence-corrected chi connectivity index (χ1v) is 6.67. The Hall–Kier alpha value is -1.74. The van der Waals surface area contributed by atoms with Crippen molar-refractivity contribution in [2.24, 2.45) is 7.05 Å². The standard InChI is InChI=1S/C9H13N5O3S/c1-6(9-11-7(2)12-17-9)13-18(15,16)8-4-14(3)5-10-8/h4-6,13H,1-3H3. The van der Waals surface area contributed by atoms with Crippen LogP contribution in [0.15, 0.2) is 22.1 Å². The fourth-order valence-corrected chi connectivity index (χ4v) is 2.54. The van der Waals surface area contributed by atoms with Crippen molar-refractivity contribution in [1.82, 2.24) is 24.4 Å². The molecule has 0 bridgehead atoms. The molecular formula is C9H13N5O3S. The number of sulfonamides is 1. The minimum Gasteiger partial charge on any atom is -0.339 e. The first-order chi connectivity index (χ1) is 8.38. The fourth-order valence-electron chi connectivity index (χ4n) is 1.36. The van der Waals surface area contributed by atoms with Gasteiger partial charge in [-0.25, -0.2) is 13.4 Å². The number of aryl methyl sites for hydroxylation is 2. The number of nitrogens with one attached hydrogen (secondary N) is 1. The van der Waals surface area contributed by atoms with Gasteiger partial charge in [0.15, 0.2) is 10.9 Å². The van der Waals surface area contributed by atoms with Crippen LogP contribution in [-0.2, 0) is 17.1 Å². The van der Waals surface area contributed by atoms with Crippen LogP contribution >= 0.6 is 0 Å². The normalized spacial score (nSPS) is 13.7. The van der Waals surface area contributed by atoms with Crippen molar-refractivity contribution in [3.63, 3.8) is 0 Å². The molecule has 2 aromatic rings. The molecule has 8 nitrogen and oxygen atoms in total. The van der Waals surface area contributed by atoms with Gasteiger partial charge in [-0.1, -0.05) is 5.16 Å². The second kappa shape index (κ2) is 4.50. The first-order valence-electron chi connectivity index (χ1n) is 5.19. The maximum absolute atomic E-state index is 12.0. The van der Waals surface area contributed by atoms with Gasteiger partial charge in [0.1, 0.15) is 0 Å². The van der Waals surface area contributed by atoms with Gasteiger partial charge in [0.05, 0.1) is 12.4 Å². The Kier molecular flexibility index (Phi) is 3.18. The Labute approximate surface area is 104 Å². The predicted octanol–water partition coefficient (Wildman–Crippen LogP) is 0.151. The molecule has 1 atom stereocenters. The summed E-state index contributed by atoms with van der Waals surface area (Å²) < 4.78 is 32.8. The molecule has 0 amide bonds. The molecule has 0 aliphatic rings. The van der Waals surface area contributed by atoms with E-state index in [1.807, 2.05) is 0 Å². The minimum absolute atomic E-state index is 0.0481. The highest BCUT2D eigenvalue weighted by molar-refractivity contribution is 7.89. The van der Waals surface area contributed by atoms with Gasteiger partial charge in [0.2, 0.25) is 5.89 Å². The van der Waals surface area contributed by atoms with Crippen molar-refractivity contribution in [2.45, 2.75) is 24.9 Å². The van der Waals surface area contributed by atoms with Crippen LogP contribution in [0.1, 0.15) is 24.7 Å². The summed E-state index contributed by atoms with van der Waals surface area (Å²) >= 11 is 0. The summed E-state index contributed by atoms with van der Waals surface area (Å²) in [6.45, 7) is 3.28. The molecule has 2 aromatic heterocycles. The zero-order valence-electron chi connectivity index (χ0n) is 10.2. The molecule has 18 heavy (non-hydrogen) atoms. The lowest BCUT2D eigenvalue weighted by Gasteiger charge is -2.08. The second-order valence-corrected chi connectivity index (χ2v) is 5.56. The minimum atomic E-state index is -3.69. The maximum atomic E-state index is 12.0. The number of hydrogen-bond donors (Lipinski definition) is 1. The average molecular weight is 271 g/mol. The van der Waals surface area contributed by atoms with Crippen LogP contribution in [-0.4, -0.2) is 28.1 Å². The third-order valence-corrected chi connectivity index (χ3v) is 3.63. The van der Waals surface area contributed by atoms with Crippen molar-refractivity contribution in [1.29, 1.82) is 0 Å². The van der Waals surface area contributed by atoms with Crippen LogP contribution in [0.5, 0.6) is 0 Å². The summed E-state index contributed by atoms with van der Waals surface area (Å²) in [5.41, 5.74) is 0. The molecule has 1 N–H and O–H groups in total. The van der Waals surface area contributed by atoms with Crippen LogP contribution in [0.25, 0.3) is 0 Å². The van der Waals surface area contributed by atoms with Crippen molar-refractivity contribution in [3.8, 4) is 0 Å². The van der Waals surface area contributed by atoms with Crippen molar-refractivity contribution < 1.29 is 12.9 Å². The van der Waals surface area contributed by atoms with Crippen LogP contribution in [0.3, 0.4) is 0 Å². The van der Waals surface area contributed by atoms with E-state index in [-0.39, 0.29) is 10.9 Å². The summed E-state index contributed by atoms with van der Waals surface area (Å²) in [5, 5.41) is 3.56. The molecule has 9 heteroatoms. The largest absolute Gasteiger partial charge is 0.339 e. The lowest BCUT2D eigenvalue weighted by molar-refractivity contribution is 0.350. The summed E-state index contributed by atoms with van der Waals surface area (Å²) in [7, 11) is -2.00. The number of aromatic nitrogens is 4. The quantitative estimate of drug-likeness (QED) is 0.849. The second-order valence-electron chi connectivity index (χ2n) is 3.90. The first kappa shape index (κ1) is 12.7. The zero-order chi connectivity index (χ0) is 13.3. The van der Waals surface area contributed by atoms with E-state index < -0.39 is 16.1 Å². The maximum Gasteiger partial charge on any atom is 0.260 e. The van der Waals surface area contributed by atoms with E-state index in [4.69, 9.17) is 4.52 Å². The average Bonchev–Trinajstić information content (AvgIpc) is 2.86. The number of rotatable bonds is 4. The van der Waals surface area contributed by atoms with E-state index in [9.17, 15) is 8.42 Å². The SMILES string of the molecule is Cc1noc(C(C)NS(=O)(=O)c2cn(C)cn2)n1. The smallest absolute Gasteiger partial charge is 0.260 e. The summed E-state index contributed by atoms with van der Waals surface area (Å²) in [6, 6.07) is -0.613. The van der Waals surface area contributed by atoms with Gasteiger partial charge in [-0.2, -0.15) is 9.71 Å². The highest BCUT2D eigenvalue weighted by atomic mass is 32.2. The number of imidazole rings is 1. The number of nitrogens with zero attached hydrogens (tertiary/aromatic N) is 4. The molecule has 0 aliphatic carbocycles. The Bertz CT molecular complexity index is 645. The molecule has 0 aromatic carbocycles. The lowest BCUT2D eigenvalue weighted by Crippen LogP contribution is -2.27. The molecule has 1 unspecified atom stereocenters. The van der Waals surface area contributed by atoms with Gasteiger partial charge in [0, 0.05) is 13.2 Å². The van der Waals surface area contributed by atoms with Crippen molar-refractivity contribution >= 4 is 10.0 Å². The highest BCUT2D eigenvalue weighted by Gasteiger charge is 2.23. The summed E-state index contributed by atoms with van der Waals surface area (Å²) in [4.78, 5) is 7.75. The molecule has 2 rings (SSSR count). The van der Waals surface area contributed by atoms with Crippen molar-refractivity contribution in [2.75, 3.05) is 0 Å². The topological polar surface area (TPSA) is 103 Å². The highest BCUT2D eigenvalue weighted by Crippen LogP contribution is 2.13. The van der Waals surface area contributed by atoms with Crippen LogP contribution in [0, 0.1) is 6.92 Å². The van der Waals surface area contributed by atoms with Gasteiger partial charge in [-0.3, -0.25) is 0 Å². The Morgan fingerprint density at radius 2 is 2.22 bits per heavy atom. The molecule has 0 fully saturated rings. The lowest BCUT2D eigenvalue weighted by atomic mass is 10.4. The molecule has 0 radical (unpaired) electrons. The third-order valence-electron chi connectivity index (χ3n) is 2.20. The molecule has 2 heterocycles. The third kappa shape index (κ3) is 2.57. The van der Waals surface area contributed by atoms with E-state index >= 15 is 0 Å². The zero-order valence-corrected chi connectivity index (χ0v) is 11.0. The summed E-state index contributed by atoms with van der Waals surface area (Å²) in [5.74, 6) is 0.667. The monoisotopic (exact) mass is 271 g/mol. The molecule has 98 valence electrons. The van der Waals surface area contributed by atoms with Crippen LogP contribution in [0.4, 0.5) is 0 Å². The van der Waals surface area contributed by atoms with Gasteiger partial charge in [-0.15, -0.1) is 0 Å². The van der Waals surface area contributed by atoms with E-state index in [2.05, 4.69) is 19.8 Å². The van der Waals surface area contributed by atoms with Gasteiger partial charge in [-0.05, 0) is 13.8 Å². The molecule has 0 saturated carbocycles.